The van der Waals surface area contributed by atoms with Gasteiger partial charge in [-0.1, -0.05) is 12.1 Å². The van der Waals surface area contributed by atoms with Gasteiger partial charge in [0, 0.05) is 6.42 Å². The van der Waals surface area contributed by atoms with Gasteiger partial charge in [-0.2, -0.15) is 0 Å². The Labute approximate surface area is 84.1 Å². The molecule has 0 aliphatic heterocycles. The van der Waals surface area contributed by atoms with Crippen molar-refractivity contribution in [3.05, 3.63) is 35.6 Å². The molecule has 0 amide bonds. The summed E-state index contributed by atoms with van der Waals surface area (Å²) >= 11 is 1.76. The summed E-state index contributed by atoms with van der Waals surface area (Å²) in [6.07, 6.45) is 1.22. The Morgan fingerprint density at radius 2 is 1.92 bits per heavy atom. The van der Waals surface area contributed by atoms with E-state index in [4.69, 9.17) is 0 Å². The Kier molecular flexibility index (Phi) is 3.65. The highest BCUT2D eigenvalue weighted by Crippen LogP contribution is 2.06. The molecule has 0 N–H and O–H groups in total. The lowest BCUT2D eigenvalue weighted by molar-refractivity contribution is -0.109. The zero-order chi connectivity index (χ0) is 8.97. The van der Waals surface area contributed by atoms with E-state index in [9.17, 15) is 9.18 Å². The van der Waals surface area contributed by atoms with Crippen molar-refractivity contribution >= 4 is 26.4 Å². The molecular weight excluding hydrogens is 270 g/mol. The maximum absolute atomic E-state index is 12.4. The number of carbonyl (C=O) groups excluding carboxylic acids is 1. The minimum absolute atomic E-state index is 0.136. The fraction of sp³-hybridized carbons (Fsp3) is 0.222. The van der Waals surface area contributed by atoms with Gasteiger partial charge < -0.3 is 0 Å². The first-order valence-electron chi connectivity index (χ1n) is 3.61. The van der Waals surface area contributed by atoms with E-state index in [1.165, 1.54) is 12.1 Å². The second kappa shape index (κ2) is 4.54. The molecule has 1 aromatic rings. The van der Waals surface area contributed by atoms with Crippen LogP contribution < -0.4 is 0 Å². The Hall–Kier alpha value is -0.450. The Morgan fingerprint density at radius 1 is 1.33 bits per heavy atom. The smallest absolute Gasteiger partial charge is 0.192 e. The van der Waals surface area contributed by atoms with Crippen molar-refractivity contribution in [3.63, 3.8) is 0 Å². The summed E-state index contributed by atoms with van der Waals surface area (Å²) in [7, 11) is 0. The highest BCUT2D eigenvalue weighted by atomic mass is 127. The van der Waals surface area contributed by atoms with Crippen molar-refractivity contribution in [2.75, 3.05) is 0 Å². The Morgan fingerprint density at radius 3 is 2.42 bits per heavy atom. The molecule has 0 unspecified atom stereocenters. The highest BCUT2D eigenvalue weighted by molar-refractivity contribution is 14.1. The van der Waals surface area contributed by atoms with E-state index in [0.717, 1.165) is 5.56 Å². The number of aryl methyl sites for hydroxylation is 1. The molecule has 0 bridgehead atoms. The summed E-state index contributed by atoms with van der Waals surface area (Å²) in [5, 5.41) is 0. The third kappa shape index (κ3) is 3.30. The van der Waals surface area contributed by atoms with Crippen molar-refractivity contribution in [3.8, 4) is 0 Å². The van der Waals surface area contributed by atoms with Crippen LogP contribution >= 0.6 is 22.6 Å². The predicted molar refractivity (Wildman–Crippen MR) is 53.7 cm³/mol. The summed E-state index contributed by atoms with van der Waals surface area (Å²) in [5.41, 5.74) is 1.00. The van der Waals surface area contributed by atoms with Crippen LogP contribution in [-0.2, 0) is 11.2 Å². The summed E-state index contributed by atoms with van der Waals surface area (Å²) in [6, 6.07) is 6.23. The van der Waals surface area contributed by atoms with Crippen LogP contribution in [0.25, 0.3) is 0 Å². The first-order valence-corrected chi connectivity index (χ1v) is 4.69. The SMILES string of the molecule is O=C(I)CCc1ccc(F)cc1. The van der Waals surface area contributed by atoms with E-state index in [2.05, 4.69) is 0 Å². The molecule has 0 radical (unpaired) electrons. The monoisotopic (exact) mass is 278 g/mol. The van der Waals surface area contributed by atoms with E-state index < -0.39 is 0 Å². The maximum Gasteiger partial charge on any atom is 0.192 e. The number of benzene rings is 1. The molecule has 0 heterocycles. The molecule has 12 heavy (non-hydrogen) atoms. The number of carbonyl (C=O) groups is 1. The van der Waals surface area contributed by atoms with Crippen LogP contribution in [0.4, 0.5) is 4.39 Å². The predicted octanol–water partition coefficient (Wildman–Crippen LogP) is 2.72. The number of hydrogen-bond donors (Lipinski definition) is 0. The van der Waals surface area contributed by atoms with E-state index in [1.807, 2.05) is 0 Å². The molecule has 0 aliphatic rings. The van der Waals surface area contributed by atoms with Crippen LogP contribution in [0, 0.1) is 5.82 Å². The molecular formula is C9H8FIO. The van der Waals surface area contributed by atoms with Gasteiger partial charge in [-0.05, 0) is 46.7 Å². The zero-order valence-electron chi connectivity index (χ0n) is 6.39. The molecule has 1 nitrogen and oxygen atoms in total. The largest absolute Gasteiger partial charge is 0.288 e. The Bertz CT molecular complexity index is 268. The minimum atomic E-state index is -0.237. The lowest BCUT2D eigenvalue weighted by atomic mass is 10.1. The molecule has 0 aromatic heterocycles. The minimum Gasteiger partial charge on any atom is -0.288 e. The molecule has 64 valence electrons. The topological polar surface area (TPSA) is 17.1 Å². The number of hydrogen-bond acceptors (Lipinski definition) is 1. The van der Waals surface area contributed by atoms with Crippen LogP contribution in [0.1, 0.15) is 12.0 Å². The first kappa shape index (κ1) is 9.64. The fourth-order valence-electron chi connectivity index (χ4n) is 0.894. The Balaban J connectivity index is 2.53. The van der Waals surface area contributed by atoms with Crippen molar-refractivity contribution < 1.29 is 9.18 Å². The van der Waals surface area contributed by atoms with E-state index in [1.54, 1.807) is 34.7 Å². The second-order valence-corrected chi connectivity index (χ2v) is 3.68. The van der Waals surface area contributed by atoms with Gasteiger partial charge in [0.15, 0.2) is 3.79 Å². The molecule has 0 saturated heterocycles. The van der Waals surface area contributed by atoms with Gasteiger partial charge >= 0.3 is 0 Å². The third-order valence-corrected chi connectivity index (χ3v) is 2.06. The normalized spacial score (nSPS) is 9.83. The summed E-state index contributed by atoms with van der Waals surface area (Å²) in [6.45, 7) is 0. The van der Waals surface area contributed by atoms with Gasteiger partial charge in [0.25, 0.3) is 0 Å². The van der Waals surface area contributed by atoms with Crippen LogP contribution in [0.5, 0.6) is 0 Å². The highest BCUT2D eigenvalue weighted by Gasteiger charge is 1.97. The maximum atomic E-state index is 12.4. The first-order chi connectivity index (χ1) is 5.68. The van der Waals surface area contributed by atoms with Gasteiger partial charge in [-0.15, -0.1) is 0 Å². The quantitative estimate of drug-likeness (QED) is 0.613. The van der Waals surface area contributed by atoms with E-state index >= 15 is 0 Å². The molecule has 0 atom stereocenters. The lowest BCUT2D eigenvalue weighted by Crippen LogP contribution is -1.90. The summed E-state index contributed by atoms with van der Waals surface area (Å²) in [5.74, 6) is -0.237. The average molecular weight is 278 g/mol. The van der Waals surface area contributed by atoms with E-state index in [0.29, 0.717) is 12.8 Å². The van der Waals surface area contributed by atoms with Gasteiger partial charge in [0.1, 0.15) is 5.82 Å². The van der Waals surface area contributed by atoms with Gasteiger partial charge in [0.05, 0.1) is 0 Å². The lowest BCUT2D eigenvalue weighted by Gasteiger charge is -1.96. The number of halogens is 2. The molecule has 0 fully saturated rings. The van der Waals surface area contributed by atoms with Gasteiger partial charge in [-0.3, -0.25) is 4.79 Å². The zero-order valence-corrected chi connectivity index (χ0v) is 8.55. The van der Waals surface area contributed by atoms with Crippen LogP contribution in [0.15, 0.2) is 24.3 Å². The summed E-state index contributed by atoms with van der Waals surface area (Å²) < 4.78 is 12.6. The standard InChI is InChI=1S/C9H8FIO/c10-8-4-1-7(2-5-8)3-6-9(11)12/h1-2,4-5H,3,6H2. The van der Waals surface area contributed by atoms with Crippen LogP contribution in [0.3, 0.4) is 0 Å². The van der Waals surface area contributed by atoms with Crippen LogP contribution in [0.2, 0.25) is 0 Å². The summed E-state index contributed by atoms with van der Waals surface area (Å²) in [4.78, 5) is 10.6. The van der Waals surface area contributed by atoms with Crippen LogP contribution in [-0.4, -0.2) is 3.79 Å². The van der Waals surface area contributed by atoms with E-state index in [-0.39, 0.29) is 9.61 Å². The van der Waals surface area contributed by atoms with Gasteiger partial charge in [0.2, 0.25) is 0 Å². The average Bonchev–Trinajstić information content (AvgIpc) is 2.03. The van der Waals surface area contributed by atoms with Crippen molar-refractivity contribution in [1.82, 2.24) is 0 Å². The molecule has 0 aliphatic carbocycles. The van der Waals surface area contributed by atoms with Crippen molar-refractivity contribution in [1.29, 1.82) is 0 Å². The number of rotatable bonds is 3. The third-order valence-electron chi connectivity index (χ3n) is 1.52. The molecule has 1 aromatic carbocycles. The molecule has 3 heteroatoms. The molecule has 0 spiro atoms. The van der Waals surface area contributed by atoms with Gasteiger partial charge in [-0.25, -0.2) is 4.39 Å². The van der Waals surface area contributed by atoms with Crippen molar-refractivity contribution in [2.45, 2.75) is 12.8 Å². The molecule has 0 saturated carbocycles. The fourth-order valence-corrected chi connectivity index (χ4v) is 1.16. The second-order valence-electron chi connectivity index (χ2n) is 2.48. The van der Waals surface area contributed by atoms with Crippen molar-refractivity contribution in [2.24, 2.45) is 0 Å². The molecule has 1 rings (SSSR count).